The molecule has 2 aromatic heterocycles. The van der Waals surface area contributed by atoms with Gasteiger partial charge in [0.05, 0.1) is 4.92 Å². The molecule has 2 fully saturated rings. The Morgan fingerprint density at radius 2 is 1.88 bits per heavy atom. The van der Waals surface area contributed by atoms with Crippen molar-refractivity contribution in [3.63, 3.8) is 0 Å². The number of pyridine rings is 2. The van der Waals surface area contributed by atoms with Crippen molar-refractivity contribution in [2.75, 3.05) is 36.4 Å². The van der Waals surface area contributed by atoms with Crippen LogP contribution >= 0.6 is 0 Å². The maximum absolute atomic E-state index is 12.5. The van der Waals surface area contributed by atoms with E-state index < -0.39 is 10.5 Å². The Morgan fingerprint density at radius 3 is 2.56 bits per heavy atom. The quantitative estimate of drug-likeness (QED) is 0.561. The van der Waals surface area contributed by atoms with E-state index in [1.807, 2.05) is 20.8 Å². The Bertz CT molecular complexity index is 1010. The van der Waals surface area contributed by atoms with Crippen LogP contribution < -0.4 is 10.2 Å². The van der Waals surface area contributed by atoms with E-state index in [-0.39, 0.29) is 23.0 Å². The fourth-order valence-corrected chi connectivity index (χ4v) is 4.31. The minimum atomic E-state index is -0.518. The van der Waals surface area contributed by atoms with Gasteiger partial charge in [-0.3, -0.25) is 15.1 Å². The second-order valence-corrected chi connectivity index (χ2v) is 9.48. The Morgan fingerprint density at radius 1 is 1.16 bits per heavy atom. The van der Waals surface area contributed by atoms with E-state index in [9.17, 15) is 14.9 Å². The normalized spacial score (nSPS) is 20.6. The van der Waals surface area contributed by atoms with E-state index in [1.54, 1.807) is 35.5 Å². The van der Waals surface area contributed by atoms with Crippen LogP contribution in [0.25, 0.3) is 0 Å². The van der Waals surface area contributed by atoms with Crippen LogP contribution in [0.1, 0.15) is 33.6 Å². The molecule has 10 nitrogen and oxygen atoms in total. The van der Waals surface area contributed by atoms with Gasteiger partial charge in [-0.1, -0.05) is 0 Å². The summed E-state index contributed by atoms with van der Waals surface area (Å²) in [5.41, 5.74) is 0.0555. The zero-order valence-electron chi connectivity index (χ0n) is 18.6. The number of anilines is 3. The molecule has 170 valence electrons. The molecule has 2 saturated heterocycles. The molecule has 0 saturated carbocycles. The molecular weight excluding hydrogens is 412 g/mol. The summed E-state index contributed by atoms with van der Waals surface area (Å²) in [4.78, 5) is 36.0. The molecule has 1 atom stereocenters. The maximum Gasteiger partial charge on any atom is 0.410 e. The van der Waals surface area contributed by atoms with Crippen LogP contribution in [-0.4, -0.2) is 57.7 Å². The van der Waals surface area contributed by atoms with Crippen LogP contribution in [0.15, 0.2) is 36.7 Å². The van der Waals surface area contributed by atoms with Crippen molar-refractivity contribution >= 4 is 29.1 Å². The van der Waals surface area contributed by atoms with Gasteiger partial charge >= 0.3 is 11.8 Å². The number of nitrogens with zero attached hydrogens (tertiary/aromatic N) is 5. The number of rotatable bonds is 4. The number of aromatic nitrogens is 2. The first-order chi connectivity index (χ1) is 15.1. The molecular formula is C22H28N6O4. The molecule has 0 bridgehead atoms. The van der Waals surface area contributed by atoms with Crippen molar-refractivity contribution < 1.29 is 14.5 Å². The highest BCUT2D eigenvalue weighted by atomic mass is 16.6. The predicted molar refractivity (Wildman–Crippen MR) is 120 cm³/mol. The zero-order valence-corrected chi connectivity index (χ0v) is 18.6. The molecule has 4 heterocycles. The van der Waals surface area contributed by atoms with Crippen molar-refractivity contribution in [1.29, 1.82) is 0 Å². The topological polar surface area (TPSA) is 114 Å². The third kappa shape index (κ3) is 4.74. The first kappa shape index (κ1) is 21.8. The van der Waals surface area contributed by atoms with E-state index in [2.05, 4.69) is 20.2 Å². The minimum absolute atomic E-state index is 0.0148. The molecule has 1 spiro atoms. The molecule has 1 amide bonds. The summed E-state index contributed by atoms with van der Waals surface area (Å²) < 4.78 is 5.53. The van der Waals surface area contributed by atoms with Gasteiger partial charge in [-0.15, -0.1) is 0 Å². The summed E-state index contributed by atoms with van der Waals surface area (Å²) in [6, 6.07) is 6.63. The van der Waals surface area contributed by atoms with Crippen LogP contribution in [-0.2, 0) is 4.74 Å². The first-order valence-electron chi connectivity index (χ1n) is 10.7. The summed E-state index contributed by atoms with van der Waals surface area (Å²) in [7, 11) is 0. The second-order valence-electron chi connectivity index (χ2n) is 9.48. The second kappa shape index (κ2) is 8.25. The average molecular weight is 441 g/mol. The number of ether oxygens (including phenoxy) is 1. The Hall–Kier alpha value is -3.43. The van der Waals surface area contributed by atoms with Gasteiger partial charge in [-0.25, -0.2) is 9.78 Å². The van der Waals surface area contributed by atoms with Gasteiger partial charge in [0.25, 0.3) is 0 Å². The summed E-state index contributed by atoms with van der Waals surface area (Å²) >= 11 is 0. The van der Waals surface area contributed by atoms with Gasteiger partial charge in [-0.2, -0.15) is 0 Å². The van der Waals surface area contributed by atoms with Crippen molar-refractivity contribution in [2.24, 2.45) is 5.41 Å². The highest BCUT2D eigenvalue weighted by Gasteiger charge is 2.46. The molecule has 4 rings (SSSR count). The third-order valence-electron chi connectivity index (χ3n) is 5.85. The standard InChI is InChI=1S/C22H28N6O4/c1-21(2,3)32-20(29)27-13-9-22(15-27)8-12-26(14-22)18-5-4-17(28(30)31)19(25-18)24-16-6-10-23-11-7-16/h4-7,10-11H,8-9,12-15H2,1-3H3,(H,23,24,25). The number of nitrogens with one attached hydrogen (secondary N) is 1. The van der Waals surface area contributed by atoms with Crippen molar-refractivity contribution in [3.8, 4) is 0 Å². The fraction of sp³-hybridized carbons (Fsp3) is 0.500. The van der Waals surface area contributed by atoms with Crippen LogP contribution in [0.2, 0.25) is 0 Å². The fourth-order valence-electron chi connectivity index (χ4n) is 4.31. The van der Waals surface area contributed by atoms with Gasteiger partial charge in [0, 0.05) is 55.7 Å². The molecule has 0 aliphatic carbocycles. The molecule has 2 aliphatic rings. The number of likely N-dealkylation sites (tertiary alicyclic amines) is 1. The van der Waals surface area contributed by atoms with Gasteiger partial charge < -0.3 is 19.9 Å². The largest absolute Gasteiger partial charge is 0.444 e. The van der Waals surface area contributed by atoms with E-state index in [0.29, 0.717) is 24.6 Å². The summed E-state index contributed by atoms with van der Waals surface area (Å²) in [6.45, 7) is 8.44. The molecule has 1 N–H and O–H groups in total. The number of carbonyl (C=O) groups excluding carboxylic acids is 1. The van der Waals surface area contributed by atoms with Crippen molar-refractivity contribution in [3.05, 3.63) is 46.8 Å². The van der Waals surface area contributed by atoms with Gasteiger partial charge in [0.2, 0.25) is 5.82 Å². The smallest absolute Gasteiger partial charge is 0.410 e. The van der Waals surface area contributed by atoms with Gasteiger partial charge in [-0.05, 0) is 51.8 Å². The number of amides is 1. The first-order valence-corrected chi connectivity index (χ1v) is 10.7. The maximum atomic E-state index is 12.5. The molecule has 1 unspecified atom stereocenters. The Kier molecular flexibility index (Phi) is 5.62. The highest BCUT2D eigenvalue weighted by Crippen LogP contribution is 2.42. The lowest BCUT2D eigenvalue weighted by Gasteiger charge is -2.27. The lowest BCUT2D eigenvalue weighted by molar-refractivity contribution is -0.384. The van der Waals surface area contributed by atoms with Crippen LogP contribution in [0.5, 0.6) is 0 Å². The van der Waals surface area contributed by atoms with Crippen LogP contribution in [0.4, 0.5) is 27.8 Å². The average Bonchev–Trinajstić information content (AvgIpc) is 3.34. The predicted octanol–water partition coefficient (Wildman–Crippen LogP) is 3.97. The molecule has 2 aromatic rings. The van der Waals surface area contributed by atoms with Gasteiger partial charge in [0.15, 0.2) is 0 Å². The van der Waals surface area contributed by atoms with Crippen LogP contribution in [0.3, 0.4) is 0 Å². The molecule has 2 aliphatic heterocycles. The molecule has 10 heteroatoms. The minimum Gasteiger partial charge on any atom is -0.444 e. The lowest BCUT2D eigenvalue weighted by atomic mass is 9.86. The highest BCUT2D eigenvalue weighted by molar-refractivity contribution is 5.69. The monoisotopic (exact) mass is 440 g/mol. The molecule has 32 heavy (non-hydrogen) atoms. The summed E-state index contributed by atoms with van der Waals surface area (Å²) in [6.07, 6.45) is 4.78. The van der Waals surface area contributed by atoms with Crippen molar-refractivity contribution in [1.82, 2.24) is 14.9 Å². The van der Waals surface area contributed by atoms with E-state index >= 15 is 0 Å². The third-order valence-corrected chi connectivity index (χ3v) is 5.85. The number of hydrogen-bond acceptors (Lipinski definition) is 8. The number of nitro groups is 1. The summed E-state index contributed by atoms with van der Waals surface area (Å²) in [5, 5.41) is 14.5. The number of carbonyl (C=O) groups is 1. The van der Waals surface area contributed by atoms with Crippen molar-refractivity contribution in [2.45, 2.75) is 39.2 Å². The Balaban J connectivity index is 1.49. The van der Waals surface area contributed by atoms with E-state index in [0.717, 1.165) is 25.9 Å². The van der Waals surface area contributed by atoms with Crippen LogP contribution in [0, 0.1) is 15.5 Å². The van der Waals surface area contributed by atoms with E-state index in [4.69, 9.17) is 4.74 Å². The lowest BCUT2D eigenvalue weighted by Crippen LogP contribution is -2.37. The Labute approximate surface area is 186 Å². The summed E-state index contributed by atoms with van der Waals surface area (Å²) in [5.74, 6) is 0.876. The number of hydrogen-bond donors (Lipinski definition) is 1. The van der Waals surface area contributed by atoms with E-state index in [1.165, 1.54) is 6.07 Å². The molecule has 0 radical (unpaired) electrons. The van der Waals surface area contributed by atoms with Gasteiger partial charge in [0.1, 0.15) is 11.4 Å². The molecule has 0 aromatic carbocycles. The zero-order chi connectivity index (χ0) is 22.9. The SMILES string of the molecule is CC(C)(C)OC(=O)N1CCC2(CCN(c3ccc([N+](=O)[O-])c(Nc4ccncc4)n3)C2)C1.